The van der Waals surface area contributed by atoms with E-state index in [1.165, 1.54) is 5.69 Å². The first-order valence-corrected chi connectivity index (χ1v) is 7.05. The summed E-state index contributed by atoms with van der Waals surface area (Å²) in [5.41, 5.74) is 1.23. The van der Waals surface area contributed by atoms with Crippen LogP contribution in [0.5, 0.6) is 11.5 Å². The molecule has 1 N–H and O–H groups in total. The first kappa shape index (κ1) is 12.6. The first-order valence-electron chi connectivity index (χ1n) is 7.05. The van der Waals surface area contributed by atoms with E-state index >= 15 is 0 Å². The first-order chi connectivity index (χ1) is 9.15. The zero-order valence-corrected chi connectivity index (χ0v) is 11.8. The maximum absolute atomic E-state index is 5.47. The van der Waals surface area contributed by atoms with Crippen LogP contribution in [0.3, 0.4) is 0 Å². The molecule has 3 rings (SSSR count). The van der Waals surface area contributed by atoms with Crippen molar-refractivity contribution in [3.05, 3.63) is 18.2 Å². The normalized spacial score (nSPS) is 26.0. The van der Waals surface area contributed by atoms with Gasteiger partial charge in [0.2, 0.25) is 6.79 Å². The standard InChI is InChI=1S/C15H22N2O2/c1-10(2)13-8-17(11(3)7-16-13)12-4-5-14-15(6-12)19-9-18-14/h4-6,10-11,13,16H,7-9H2,1-3H3. The summed E-state index contributed by atoms with van der Waals surface area (Å²) in [6, 6.07) is 7.28. The molecule has 2 heterocycles. The van der Waals surface area contributed by atoms with E-state index < -0.39 is 0 Å². The minimum atomic E-state index is 0.338. The molecule has 1 fully saturated rings. The summed E-state index contributed by atoms with van der Waals surface area (Å²) in [5.74, 6) is 2.36. The average molecular weight is 262 g/mol. The molecular weight excluding hydrogens is 240 g/mol. The van der Waals surface area contributed by atoms with E-state index in [4.69, 9.17) is 9.47 Å². The van der Waals surface area contributed by atoms with Crippen LogP contribution in [0.15, 0.2) is 18.2 Å². The molecule has 0 amide bonds. The fourth-order valence-electron chi connectivity index (χ4n) is 2.76. The Bertz CT molecular complexity index is 461. The molecule has 0 aromatic heterocycles. The number of benzene rings is 1. The van der Waals surface area contributed by atoms with Gasteiger partial charge in [0.15, 0.2) is 11.5 Å². The summed E-state index contributed by atoms with van der Waals surface area (Å²) >= 11 is 0. The quantitative estimate of drug-likeness (QED) is 0.886. The maximum atomic E-state index is 5.47. The molecule has 4 heteroatoms. The van der Waals surface area contributed by atoms with Gasteiger partial charge in [-0.05, 0) is 25.0 Å². The predicted molar refractivity (Wildman–Crippen MR) is 76.0 cm³/mol. The van der Waals surface area contributed by atoms with Crippen LogP contribution in [0.25, 0.3) is 0 Å². The Labute approximate surface area is 114 Å². The van der Waals surface area contributed by atoms with Crippen molar-refractivity contribution in [1.82, 2.24) is 5.32 Å². The SMILES string of the molecule is CC(C)C1CN(c2ccc3c(c2)OCO3)C(C)CN1. The lowest BCUT2D eigenvalue weighted by atomic mass is 9.99. The van der Waals surface area contributed by atoms with Gasteiger partial charge in [-0.1, -0.05) is 13.8 Å². The Kier molecular flexibility index (Phi) is 3.27. The van der Waals surface area contributed by atoms with E-state index in [0.717, 1.165) is 24.6 Å². The summed E-state index contributed by atoms with van der Waals surface area (Å²) in [6.07, 6.45) is 0. The highest BCUT2D eigenvalue weighted by Gasteiger charge is 2.27. The highest BCUT2D eigenvalue weighted by molar-refractivity contribution is 5.58. The number of nitrogens with zero attached hydrogens (tertiary/aromatic N) is 1. The van der Waals surface area contributed by atoms with Crippen molar-refractivity contribution in [3.63, 3.8) is 0 Å². The zero-order chi connectivity index (χ0) is 13.4. The third kappa shape index (κ3) is 2.37. The van der Waals surface area contributed by atoms with E-state index in [9.17, 15) is 0 Å². The van der Waals surface area contributed by atoms with E-state index in [1.807, 2.05) is 6.07 Å². The van der Waals surface area contributed by atoms with Crippen LogP contribution in [-0.4, -0.2) is 32.0 Å². The summed E-state index contributed by atoms with van der Waals surface area (Å²) in [4.78, 5) is 2.46. The molecule has 1 aromatic rings. The molecule has 4 nitrogen and oxygen atoms in total. The molecule has 2 aliphatic heterocycles. The molecule has 0 bridgehead atoms. The Morgan fingerprint density at radius 1 is 1.26 bits per heavy atom. The van der Waals surface area contributed by atoms with E-state index in [0.29, 0.717) is 24.8 Å². The Hall–Kier alpha value is -1.42. The van der Waals surface area contributed by atoms with E-state index in [2.05, 4.69) is 43.1 Å². The molecular formula is C15H22N2O2. The smallest absolute Gasteiger partial charge is 0.231 e. The van der Waals surface area contributed by atoms with Crippen molar-refractivity contribution < 1.29 is 9.47 Å². The number of hydrogen-bond donors (Lipinski definition) is 1. The number of hydrogen-bond acceptors (Lipinski definition) is 4. The molecule has 104 valence electrons. The highest BCUT2D eigenvalue weighted by atomic mass is 16.7. The molecule has 2 atom stereocenters. The second-order valence-corrected chi connectivity index (χ2v) is 5.80. The van der Waals surface area contributed by atoms with Crippen molar-refractivity contribution >= 4 is 5.69 Å². The van der Waals surface area contributed by atoms with Crippen molar-refractivity contribution in [3.8, 4) is 11.5 Å². The van der Waals surface area contributed by atoms with Crippen molar-refractivity contribution in [1.29, 1.82) is 0 Å². The Morgan fingerprint density at radius 2 is 2.05 bits per heavy atom. The van der Waals surface area contributed by atoms with Gasteiger partial charge in [0.05, 0.1) is 0 Å². The minimum absolute atomic E-state index is 0.338. The van der Waals surface area contributed by atoms with Crippen LogP contribution in [0.2, 0.25) is 0 Å². The van der Waals surface area contributed by atoms with Gasteiger partial charge in [-0.15, -0.1) is 0 Å². The fraction of sp³-hybridized carbons (Fsp3) is 0.600. The van der Waals surface area contributed by atoms with Gasteiger partial charge in [-0.25, -0.2) is 0 Å². The molecule has 2 aliphatic rings. The van der Waals surface area contributed by atoms with Gasteiger partial charge in [-0.3, -0.25) is 0 Å². The second-order valence-electron chi connectivity index (χ2n) is 5.80. The Morgan fingerprint density at radius 3 is 2.84 bits per heavy atom. The van der Waals surface area contributed by atoms with Gasteiger partial charge in [0.25, 0.3) is 0 Å². The lowest BCUT2D eigenvalue weighted by Crippen LogP contribution is -2.57. The number of piperazine rings is 1. The van der Waals surface area contributed by atoms with E-state index in [-0.39, 0.29) is 0 Å². The summed E-state index contributed by atoms with van der Waals surface area (Å²) in [6.45, 7) is 9.20. The largest absolute Gasteiger partial charge is 0.454 e. The summed E-state index contributed by atoms with van der Waals surface area (Å²) in [5, 5.41) is 3.62. The van der Waals surface area contributed by atoms with Crippen molar-refractivity contribution in [2.45, 2.75) is 32.9 Å². The van der Waals surface area contributed by atoms with Crippen LogP contribution in [0.1, 0.15) is 20.8 Å². The number of nitrogens with one attached hydrogen (secondary N) is 1. The highest BCUT2D eigenvalue weighted by Crippen LogP contribution is 2.36. The van der Waals surface area contributed by atoms with Crippen LogP contribution < -0.4 is 19.7 Å². The molecule has 2 unspecified atom stereocenters. The number of anilines is 1. The molecule has 0 radical (unpaired) electrons. The van der Waals surface area contributed by atoms with Crippen molar-refractivity contribution in [2.24, 2.45) is 5.92 Å². The number of fused-ring (bicyclic) bond motifs is 1. The summed E-state index contributed by atoms with van der Waals surface area (Å²) < 4.78 is 10.8. The number of rotatable bonds is 2. The third-order valence-corrected chi connectivity index (χ3v) is 4.09. The third-order valence-electron chi connectivity index (χ3n) is 4.09. The van der Waals surface area contributed by atoms with Gasteiger partial charge in [0, 0.05) is 36.9 Å². The molecule has 0 saturated carbocycles. The zero-order valence-electron chi connectivity index (χ0n) is 11.8. The molecule has 0 aliphatic carbocycles. The van der Waals surface area contributed by atoms with Gasteiger partial charge in [-0.2, -0.15) is 0 Å². The minimum Gasteiger partial charge on any atom is -0.454 e. The van der Waals surface area contributed by atoms with E-state index in [1.54, 1.807) is 0 Å². The fourth-order valence-corrected chi connectivity index (χ4v) is 2.76. The molecule has 1 aromatic carbocycles. The topological polar surface area (TPSA) is 33.7 Å². The van der Waals surface area contributed by atoms with Crippen molar-refractivity contribution in [2.75, 3.05) is 24.8 Å². The van der Waals surface area contributed by atoms with Crippen LogP contribution in [0.4, 0.5) is 5.69 Å². The predicted octanol–water partition coefficient (Wildman–Crippen LogP) is 2.24. The van der Waals surface area contributed by atoms with Crippen LogP contribution >= 0.6 is 0 Å². The maximum Gasteiger partial charge on any atom is 0.231 e. The average Bonchev–Trinajstić information content (AvgIpc) is 2.86. The second kappa shape index (κ2) is 4.93. The lowest BCUT2D eigenvalue weighted by molar-refractivity contribution is 0.174. The van der Waals surface area contributed by atoms with Gasteiger partial charge < -0.3 is 19.7 Å². The van der Waals surface area contributed by atoms with Crippen LogP contribution in [-0.2, 0) is 0 Å². The van der Waals surface area contributed by atoms with Crippen LogP contribution in [0, 0.1) is 5.92 Å². The number of ether oxygens (including phenoxy) is 2. The van der Waals surface area contributed by atoms with Gasteiger partial charge in [0.1, 0.15) is 0 Å². The summed E-state index contributed by atoms with van der Waals surface area (Å²) in [7, 11) is 0. The lowest BCUT2D eigenvalue weighted by Gasteiger charge is -2.42. The molecule has 1 saturated heterocycles. The Balaban J connectivity index is 1.83. The van der Waals surface area contributed by atoms with Gasteiger partial charge >= 0.3 is 0 Å². The monoisotopic (exact) mass is 262 g/mol. The molecule has 0 spiro atoms. The molecule has 19 heavy (non-hydrogen) atoms.